The summed E-state index contributed by atoms with van der Waals surface area (Å²) in [4.78, 5) is 23.0. The Kier molecular flexibility index (Phi) is 4.59. The van der Waals surface area contributed by atoms with Gasteiger partial charge in [0.15, 0.2) is 0 Å². The van der Waals surface area contributed by atoms with Gasteiger partial charge in [0.25, 0.3) is 5.69 Å². The lowest BCUT2D eigenvalue weighted by atomic mass is 10.2. The predicted octanol–water partition coefficient (Wildman–Crippen LogP) is 2.35. The molecule has 0 saturated carbocycles. The zero-order chi connectivity index (χ0) is 13.0. The first kappa shape index (κ1) is 13.6. The number of hydrogen-bond acceptors (Lipinski definition) is 5. The van der Waals surface area contributed by atoms with Crippen LogP contribution in [0.5, 0.6) is 0 Å². The van der Waals surface area contributed by atoms with Gasteiger partial charge in [0.05, 0.1) is 9.82 Å². The van der Waals surface area contributed by atoms with Crippen molar-refractivity contribution in [1.82, 2.24) is 4.90 Å². The number of nitro benzene ring substituents is 1. The topological polar surface area (TPSA) is 63.5 Å². The molecule has 7 heteroatoms. The third-order valence-corrected chi connectivity index (χ3v) is 3.60. The molecule has 1 rings (SSSR count). The Bertz CT molecular complexity index is 475. The lowest BCUT2D eigenvalue weighted by molar-refractivity contribution is -0.387. The number of hydrogen-bond donors (Lipinski definition) is 0. The Morgan fingerprint density at radius 1 is 1.53 bits per heavy atom. The second kappa shape index (κ2) is 5.74. The zero-order valence-corrected chi connectivity index (χ0v) is 10.9. The Balaban J connectivity index is 3.11. The van der Waals surface area contributed by atoms with Gasteiger partial charge in [0.2, 0.25) is 0 Å². The van der Waals surface area contributed by atoms with Crippen LogP contribution >= 0.6 is 24.0 Å². The van der Waals surface area contributed by atoms with Crippen LogP contribution in [0.25, 0.3) is 0 Å². The average Bonchev–Trinajstić information content (AvgIpc) is 2.29. The predicted molar refractivity (Wildman–Crippen MR) is 70.6 cm³/mol. The Morgan fingerprint density at radius 3 is 2.65 bits per heavy atom. The summed E-state index contributed by atoms with van der Waals surface area (Å²) < 4.78 is 0.520. The van der Waals surface area contributed by atoms with Crippen molar-refractivity contribution in [1.29, 1.82) is 0 Å². The number of aldehydes is 1. The molecule has 0 amide bonds. The normalized spacial score (nSPS) is 9.76. The van der Waals surface area contributed by atoms with E-state index < -0.39 is 4.92 Å². The first-order valence-electron chi connectivity index (χ1n) is 4.58. The summed E-state index contributed by atoms with van der Waals surface area (Å²) >= 11 is 6.19. The molecule has 0 aliphatic carbocycles. The molecule has 0 radical (unpaired) electrons. The summed E-state index contributed by atoms with van der Waals surface area (Å²) in [5.41, 5.74) is 0.167. The van der Waals surface area contributed by atoms with Gasteiger partial charge in [-0.2, -0.15) is 0 Å². The monoisotopic (exact) mass is 270 g/mol. The third-order valence-electron chi connectivity index (χ3n) is 1.88. The van der Waals surface area contributed by atoms with Crippen molar-refractivity contribution in [3.8, 4) is 0 Å². The first-order valence-corrected chi connectivity index (χ1v) is 5.81. The van der Waals surface area contributed by atoms with Crippen LogP contribution in [0.15, 0.2) is 23.1 Å². The Labute approximate surface area is 108 Å². The lowest BCUT2D eigenvalue weighted by Gasteiger charge is -2.12. The maximum atomic E-state index is 10.9. The van der Waals surface area contributed by atoms with Crippen molar-refractivity contribution in [2.45, 2.75) is 4.90 Å². The highest BCUT2D eigenvalue weighted by Crippen LogP contribution is 2.31. The van der Waals surface area contributed by atoms with E-state index in [2.05, 4.69) is 0 Å². The minimum absolute atomic E-state index is 0.108. The number of nitrogens with zero attached hydrogens (tertiary/aromatic N) is 2. The highest BCUT2D eigenvalue weighted by molar-refractivity contribution is 8.23. The summed E-state index contributed by atoms with van der Waals surface area (Å²) in [6.45, 7) is 0. The molecular weight excluding hydrogens is 260 g/mol. The molecule has 17 heavy (non-hydrogen) atoms. The van der Waals surface area contributed by atoms with E-state index in [1.807, 2.05) is 0 Å². The van der Waals surface area contributed by atoms with Gasteiger partial charge < -0.3 is 4.90 Å². The summed E-state index contributed by atoms with van der Waals surface area (Å²) in [6.07, 6.45) is 0.575. The first-order chi connectivity index (χ1) is 7.95. The highest BCUT2D eigenvalue weighted by atomic mass is 32.2. The summed E-state index contributed by atoms with van der Waals surface area (Å²) in [7, 11) is 3.53. The number of rotatable bonds is 3. The lowest BCUT2D eigenvalue weighted by Crippen LogP contribution is -2.16. The van der Waals surface area contributed by atoms with E-state index >= 15 is 0 Å². The van der Waals surface area contributed by atoms with E-state index in [0.717, 1.165) is 11.8 Å². The van der Waals surface area contributed by atoms with Gasteiger partial charge in [-0.15, -0.1) is 0 Å². The smallest absolute Gasteiger partial charge is 0.284 e. The summed E-state index contributed by atoms with van der Waals surface area (Å²) in [6, 6.07) is 4.30. The third kappa shape index (κ3) is 3.50. The van der Waals surface area contributed by atoms with Crippen LogP contribution in [0, 0.1) is 10.1 Å². The van der Waals surface area contributed by atoms with Crippen molar-refractivity contribution < 1.29 is 9.72 Å². The molecule has 0 bridgehead atoms. The Hall–Kier alpha value is -1.47. The molecule has 1 aromatic rings. The number of thioether (sulfide) groups is 1. The number of carbonyl (C=O) groups excluding carboxylic acids is 1. The molecule has 0 atom stereocenters. The van der Waals surface area contributed by atoms with E-state index in [9.17, 15) is 14.9 Å². The molecule has 0 saturated heterocycles. The van der Waals surface area contributed by atoms with Crippen LogP contribution in [0.3, 0.4) is 0 Å². The average molecular weight is 270 g/mol. The van der Waals surface area contributed by atoms with E-state index in [1.165, 1.54) is 18.2 Å². The van der Waals surface area contributed by atoms with Crippen LogP contribution in [0.1, 0.15) is 10.4 Å². The molecule has 0 aromatic heterocycles. The van der Waals surface area contributed by atoms with Gasteiger partial charge in [0.1, 0.15) is 10.6 Å². The molecule has 0 fully saturated rings. The molecule has 0 aliphatic heterocycles. The fourth-order valence-electron chi connectivity index (χ4n) is 1.02. The number of nitro groups is 1. The number of carbonyl (C=O) groups is 1. The molecule has 0 aliphatic rings. The molecule has 1 aromatic carbocycles. The summed E-state index contributed by atoms with van der Waals surface area (Å²) in [5.74, 6) is 0. The number of benzene rings is 1. The van der Waals surface area contributed by atoms with Crippen molar-refractivity contribution in [2.24, 2.45) is 0 Å². The van der Waals surface area contributed by atoms with Crippen molar-refractivity contribution in [2.75, 3.05) is 14.1 Å². The standard InChI is InChI=1S/C10H10N2O3S2/c1-11(2)10(16)17-9-4-3-7(6-13)5-8(9)12(14)15/h3-6H,1-2H3. The van der Waals surface area contributed by atoms with E-state index in [0.29, 0.717) is 15.5 Å². The minimum atomic E-state index is -0.520. The molecule has 5 nitrogen and oxygen atoms in total. The second-order valence-corrected chi connectivity index (χ2v) is 5.04. The van der Waals surface area contributed by atoms with Crippen molar-refractivity contribution >= 4 is 40.3 Å². The molecule has 0 unspecified atom stereocenters. The van der Waals surface area contributed by atoms with Gasteiger partial charge >= 0.3 is 0 Å². The fraction of sp³-hybridized carbons (Fsp3) is 0.200. The number of thiocarbonyl (C=S) groups is 1. The molecular formula is C10H10N2O3S2. The molecule has 90 valence electrons. The van der Waals surface area contributed by atoms with E-state index in [1.54, 1.807) is 19.0 Å². The molecule has 0 spiro atoms. The maximum absolute atomic E-state index is 10.9. The summed E-state index contributed by atoms with van der Waals surface area (Å²) in [5, 5.41) is 10.9. The van der Waals surface area contributed by atoms with Crippen LogP contribution < -0.4 is 0 Å². The largest absolute Gasteiger partial charge is 0.363 e. The molecule has 0 N–H and O–H groups in total. The molecule has 0 heterocycles. The van der Waals surface area contributed by atoms with Crippen LogP contribution in [-0.2, 0) is 0 Å². The van der Waals surface area contributed by atoms with Gasteiger partial charge in [-0.3, -0.25) is 14.9 Å². The van der Waals surface area contributed by atoms with Gasteiger partial charge in [-0.25, -0.2) is 0 Å². The highest BCUT2D eigenvalue weighted by Gasteiger charge is 2.17. The van der Waals surface area contributed by atoms with E-state index in [4.69, 9.17) is 12.2 Å². The zero-order valence-electron chi connectivity index (χ0n) is 9.25. The van der Waals surface area contributed by atoms with Crippen LogP contribution in [0.4, 0.5) is 5.69 Å². The van der Waals surface area contributed by atoms with Crippen molar-refractivity contribution in [3.05, 3.63) is 33.9 Å². The van der Waals surface area contributed by atoms with Crippen LogP contribution in [0.2, 0.25) is 0 Å². The van der Waals surface area contributed by atoms with Crippen LogP contribution in [-0.4, -0.2) is 34.5 Å². The maximum Gasteiger partial charge on any atom is 0.284 e. The van der Waals surface area contributed by atoms with E-state index in [-0.39, 0.29) is 11.3 Å². The van der Waals surface area contributed by atoms with Gasteiger partial charge in [-0.1, -0.05) is 30.0 Å². The Morgan fingerprint density at radius 2 is 2.18 bits per heavy atom. The fourth-order valence-corrected chi connectivity index (χ4v) is 2.04. The second-order valence-electron chi connectivity index (χ2n) is 3.36. The quantitative estimate of drug-likeness (QED) is 0.276. The van der Waals surface area contributed by atoms with Crippen molar-refractivity contribution in [3.63, 3.8) is 0 Å². The minimum Gasteiger partial charge on any atom is -0.363 e. The van der Waals surface area contributed by atoms with Gasteiger partial charge in [-0.05, 0) is 6.07 Å². The SMILES string of the molecule is CN(C)C(=S)Sc1ccc(C=O)cc1[N+](=O)[O-]. The van der Waals surface area contributed by atoms with Gasteiger partial charge in [0, 0.05) is 25.7 Å².